The molecule has 4 nitrogen and oxygen atoms in total. The molecule has 190 valence electrons. The molecule has 0 spiro atoms. The Morgan fingerprint density at radius 2 is 0.750 bits per heavy atom. The van der Waals surface area contributed by atoms with Crippen LogP contribution in [0.15, 0.2) is 121 Å². The number of nitrogens with one attached hydrogen (secondary N) is 2. The fourth-order valence-corrected chi connectivity index (χ4v) is 6.04. The van der Waals surface area contributed by atoms with E-state index in [1.165, 1.54) is 0 Å². The van der Waals surface area contributed by atoms with Crippen molar-refractivity contribution in [2.75, 3.05) is 0 Å². The van der Waals surface area contributed by atoms with Crippen molar-refractivity contribution < 1.29 is 10.2 Å². The fraction of sp³-hybridized carbons (Fsp3) is 0. The predicted molar refractivity (Wildman–Crippen MR) is 165 cm³/mol. The first-order valence-corrected chi connectivity index (χ1v) is 13.3. The van der Waals surface area contributed by atoms with Crippen LogP contribution in [0.4, 0.5) is 0 Å². The molecule has 40 heavy (non-hydrogen) atoms. The number of para-hydroxylation sites is 2. The number of aromatic hydroxyl groups is 2. The molecule has 0 aliphatic heterocycles. The Morgan fingerprint density at radius 3 is 1.18 bits per heavy atom. The Kier molecular flexibility index (Phi) is 4.79. The maximum absolute atomic E-state index is 10.6. The van der Waals surface area contributed by atoms with Crippen molar-refractivity contribution in [3.8, 4) is 44.9 Å². The Morgan fingerprint density at radius 1 is 0.375 bits per heavy atom. The topological polar surface area (TPSA) is 72.0 Å². The van der Waals surface area contributed by atoms with Gasteiger partial charge in [-0.1, -0.05) is 84.9 Å². The van der Waals surface area contributed by atoms with Gasteiger partial charge in [0.25, 0.3) is 0 Å². The number of fused-ring (bicyclic) bond motifs is 6. The standard InChI is InChI=1S/C36H24N2O2/c39-31-19-17-25(35-33(31)27-5-1-3-7-29(27)37-35)23-13-9-21(10-14-23)22-11-15-24(16-12-22)26-18-20-32(40)34-28-6-2-4-8-30(28)38-36(26)34/h1-20,37-40H. The van der Waals surface area contributed by atoms with Gasteiger partial charge in [-0.25, -0.2) is 0 Å². The molecule has 6 aromatic carbocycles. The minimum atomic E-state index is 0.284. The van der Waals surface area contributed by atoms with Crippen LogP contribution in [0.1, 0.15) is 0 Å². The van der Waals surface area contributed by atoms with Gasteiger partial charge in [0, 0.05) is 43.7 Å². The predicted octanol–water partition coefficient (Wildman–Crippen LogP) is 9.37. The molecule has 0 bridgehead atoms. The Hall–Kier alpha value is -5.48. The van der Waals surface area contributed by atoms with Crippen molar-refractivity contribution in [2.45, 2.75) is 0 Å². The summed E-state index contributed by atoms with van der Waals surface area (Å²) in [6.45, 7) is 0. The molecule has 8 rings (SSSR count). The molecule has 4 N–H and O–H groups in total. The summed E-state index contributed by atoms with van der Waals surface area (Å²) in [4.78, 5) is 7.00. The lowest BCUT2D eigenvalue weighted by molar-refractivity contribution is 0.481. The normalized spacial score (nSPS) is 11.7. The van der Waals surface area contributed by atoms with Crippen molar-refractivity contribution in [2.24, 2.45) is 0 Å². The average molecular weight is 517 g/mol. The van der Waals surface area contributed by atoms with Gasteiger partial charge < -0.3 is 20.2 Å². The minimum absolute atomic E-state index is 0.284. The number of phenolic OH excluding ortho intramolecular Hbond substituents is 2. The van der Waals surface area contributed by atoms with Gasteiger partial charge in [-0.15, -0.1) is 0 Å². The van der Waals surface area contributed by atoms with Gasteiger partial charge in [-0.2, -0.15) is 0 Å². The Bertz CT molecular complexity index is 2060. The van der Waals surface area contributed by atoms with Gasteiger partial charge in [0.2, 0.25) is 0 Å². The maximum atomic E-state index is 10.6. The number of phenols is 2. The SMILES string of the molecule is Oc1ccc(-c2ccc(-c3ccc(-c4ccc(O)c5c4[nH]c4ccccc45)cc3)cc2)c2[nH]c3ccccc3c12. The quantitative estimate of drug-likeness (QED) is 0.189. The summed E-state index contributed by atoms with van der Waals surface area (Å²) in [5, 5.41) is 24.9. The molecular formula is C36H24N2O2. The summed E-state index contributed by atoms with van der Waals surface area (Å²) < 4.78 is 0. The van der Waals surface area contributed by atoms with Crippen LogP contribution in [0.3, 0.4) is 0 Å². The van der Waals surface area contributed by atoms with Crippen molar-refractivity contribution in [1.29, 1.82) is 0 Å². The smallest absolute Gasteiger partial charge is 0.125 e. The fourth-order valence-electron chi connectivity index (χ4n) is 6.04. The highest BCUT2D eigenvalue weighted by atomic mass is 16.3. The summed E-state index contributed by atoms with van der Waals surface area (Å²) in [5.41, 5.74) is 10.4. The van der Waals surface area contributed by atoms with Crippen LogP contribution in [0.2, 0.25) is 0 Å². The first-order valence-electron chi connectivity index (χ1n) is 13.3. The van der Waals surface area contributed by atoms with E-state index in [4.69, 9.17) is 0 Å². The second-order valence-corrected chi connectivity index (χ2v) is 10.3. The zero-order valence-electron chi connectivity index (χ0n) is 21.4. The number of H-pyrrole nitrogens is 2. The van der Waals surface area contributed by atoms with Crippen LogP contribution in [0.5, 0.6) is 11.5 Å². The molecule has 0 radical (unpaired) electrons. The monoisotopic (exact) mass is 516 g/mol. The second-order valence-electron chi connectivity index (χ2n) is 10.3. The number of hydrogen-bond donors (Lipinski definition) is 4. The minimum Gasteiger partial charge on any atom is -0.507 e. The lowest BCUT2D eigenvalue weighted by Gasteiger charge is -2.09. The number of hydrogen-bond acceptors (Lipinski definition) is 2. The summed E-state index contributed by atoms with van der Waals surface area (Å²) >= 11 is 0. The highest BCUT2D eigenvalue weighted by Crippen LogP contribution is 2.40. The molecule has 0 amide bonds. The first-order chi connectivity index (χ1) is 19.7. The Labute approximate surface area is 229 Å². The van der Waals surface area contributed by atoms with Crippen molar-refractivity contribution in [3.05, 3.63) is 121 Å². The van der Waals surface area contributed by atoms with E-state index in [1.54, 1.807) is 12.1 Å². The van der Waals surface area contributed by atoms with Crippen LogP contribution in [-0.2, 0) is 0 Å². The molecular weight excluding hydrogens is 492 g/mol. The third-order valence-electron chi connectivity index (χ3n) is 8.00. The van der Waals surface area contributed by atoms with Crippen LogP contribution in [0, 0.1) is 0 Å². The van der Waals surface area contributed by atoms with Crippen LogP contribution in [0.25, 0.3) is 77.0 Å². The lowest BCUT2D eigenvalue weighted by Crippen LogP contribution is -1.84. The molecule has 0 saturated carbocycles. The van der Waals surface area contributed by atoms with Crippen molar-refractivity contribution >= 4 is 43.6 Å². The molecule has 0 fully saturated rings. The van der Waals surface area contributed by atoms with E-state index in [-0.39, 0.29) is 11.5 Å². The van der Waals surface area contributed by atoms with Gasteiger partial charge in [0.15, 0.2) is 0 Å². The largest absolute Gasteiger partial charge is 0.507 e. The van der Waals surface area contributed by atoms with Gasteiger partial charge in [0.05, 0.1) is 11.0 Å². The van der Waals surface area contributed by atoms with E-state index in [1.807, 2.05) is 60.7 Å². The zero-order chi connectivity index (χ0) is 26.8. The molecule has 8 aromatic rings. The van der Waals surface area contributed by atoms with Gasteiger partial charge in [-0.3, -0.25) is 0 Å². The van der Waals surface area contributed by atoms with E-state index in [9.17, 15) is 10.2 Å². The van der Waals surface area contributed by atoms with E-state index >= 15 is 0 Å². The third-order valence-corrected chi connectivity index (χ3v) is 8.00. The highest BCUT2D eigenvalue weighted by molar-refractivity contribution is 6.15. The molecule has 2 aromatic heterocycles. The van der Waals surface area contributed by atoms with E-state index in [2.05, 4.69) is 58.5 Å². The van der Waals surface area contributed by atoms with Gasteiger partial charge in [0.1, 0.15) is 11.5 Å². The molecule has 4 heteroatoms. The van der Waals surface area contributed by atoms with Crippen molar-refractivity contribution in [1.82, 2.24) is 9.97 Å². The summed E-state index contributed by atoms with van der Waals surface area (Å²) in [6.07, 6.45) is 0. The zero-order valence-corrected chi connectivity index (χ0v) is 21.4. The highest BCUT2D eigenvalue weighted by Gasteiger charge is 2.15. The number of benzene rings is 6. The molecule has 2 heterocycles. The Balaban J connectivity index is 1.16. The van der Waals surface area contributed by atoms with Crippen molar-refractivity contribution in [3.63, 3.8) is 0 Å². The van der Waals surface area contributed by atoms with Gasteiger partial charge in [-0.05, 0) is 58.7 Å². The maximum Gasteiger partial charge on any atom is 0.125 e. The number of aromatic nitrogens is 2. The molecule has 0 aliphatic rings. The van der Waals surface area contributed by atoms with E-state index in [0.29, 0.717) is 0 Å². The molecule has 0 unspecified atom stereocenters. The lowest BCUT2D eigenvalue weighted by atomic mass is 9.96. The third kappa shape index (κ3) is 3.33. The summed E-state index contributed by atoms with van der Waals surface area (Å²) in [5.74, 6) is 0.567. The van der Waals surface area contributed by atoms with Crippen LogP contribution < -0.4 is 0 Å². The molecule has 0 atom stereocenters. The number of aromatic amines is 2. The molecule has 0 saturated heterocycles. The number of rotatable bonds is 3. The summed E-state index contributed by atoms with van der Waals surface area (Å²) in [7, 11) is 0. The average Bonchev–Trinajstić information content (AvgIpc) is 3.58. The summed E-state index contributed by atoms with van der Waals surface area (Å²) in [6, 6.07) is 40.7. The van der Waals surface area contributed by atoms with E-state index in [0.717, 1.165) is 77.0 Å². The molecule has 0 aliphatic carbocycles. The van der Waals surface area contributed by atoms with Crippen LogP contribution >= 0.6 is 0 Å². The first kappa shape index (κ1) is 22.5. The second kappa shape index (κ2) is 8.52. The van der Waals surface area contributed by atoms with E-state index < -0.39 is 0 Å². The van der Waals surface area contributed by atoms with Crippen LogP contribution in [-0.4, -0.2) is 20.2 Å². The van der Waals surface area contributed by atoms with Gasteiger partial charge >= 0.3 is 0 Å².